The molecule has 0 spiro atoms. The highest BCUT2D eigenvalue weighted by atomic mass is 35.5. The maximum absolute atomic E-state index is 13.3. The number of carbonyl (C=O) groups is 1. The van der Waals surface area contributed by atoms with Gasteiger partial charge in [-0.2, -0.15) is 0 Å². The number of carbonyl (C=O) groups excluding carboxylic acids is 1. The SMILES string of the molecule is COc1ncc(NC(=O)C2(c3ccc(Cl)cc3Cl)CCOCC2)cc1C. The predicted molar refractivity (Wildman–Crippen MR) is 102 cm³/mol. The molecule has 3 rings (SSSR count). The van der Waals surface area contributed by atoms with Crippen LogP contribution >= 0.6 is 23.2 Å². The molecule has 0 bridgehead atoms. The number of rotatable bonds is 4. The Kier molecular flexibility index (Phi) is 5.70. The van der Waals surface area contributed by atoms with Crippen LogP contribution in [-0.4, -0.2) is 31.2 Å². The fraction of sp³-hybridized carbons (Fsp3) is 0.368. The maximum atomic E-state index is 13.3. The largest absolute Gasteiger partial charge is 0.481 e. The van der Waals surface area contributed by atoms with E-state index in [1.165, 1.54) is 0 Å². The zero-order valence-corrected chi connectivity index (χ0v) is 16.2. The Bertz CT molecular complexity index is 820. The summed E-state index contributed by atoms with van der Waals surface area (Å²) in [5.41, 5.74) is 1.45. The molecule has 1 aliphatic heterocycles. The van der Waals surface area contributed by atoms with Crippen molar-refractivity contribution in [1.82, 2.24) is 4.98 Å². The molecule has 138 valence electrons. The molecule has 0 aliphatic carbocycles. The lowest BCUT2D eigenvalue weighted by molar-refractivity contribution is -0.125. The molecule has 1 saturated heterocycles. The van der Waals surface area contributed by atoms with Crippen LogP contribution in [0.4, 0.5) is 5.69 Å². The minimum absolute atomic E-state index is 0.128. The number of aryl methyl sites for hydroxylation is 1. The van der Waals surface area contributed by atoms with E-state index < -0.39 is 5.41 Å². The van der Waals surface area contributed by atoms with Crippen molar-refractivity contribution in [2.24, 2.45) is 0 Å². The number of aromatic nitrogens is 1. The van der Waals surface area contributed by atoms with E-state index in [0.29, 0.717) is 47.7 Å². The van der Waals surface area contributed by atoms with Crippen molar-refractivity contribution in [1.29, 1.82) is 0 Å². The summed E-state index contributed by atoms with van der Waals surface area (Å²) in [6, 6.07) is 7.09. The number of hydrogen-bond acceptors (Lipinski definition) is 4. The lowest BCUT2D eigenvalue weighted by Gasteiger charge is -2.36. The number of anilines is 1. The third-order valence-corrected chi connectivity index (χ3v) is 5.26. The smallest absolute Gasteiger partial charge is 0.235 e. The van der Waals surface area contributed by atoms with Crippen molar-refractivity contribution in [2.45, 2.75) is 25.2 Å². The Morgan fingerprint density at radius 1 is 1.27 bits per heavy atom. The number of halogens is 2. The first kappa shape index (κ1) is 19.0. The summed E-state index contributed by atoms with van der Waals surface area (Å²) in [7, 11) is 1.56. The highest BCUT2D eigenvalue weighted by Gasteiger charge is 2.43. The van der Waals surface area contributed by atoms with Gasteiger partial charge < -0.3 is 14.8 Å². The number of benzene rings is 1. The summed E-state index contributed by atoms with van der Waals surface area (Å²) < 4.78 is 10.6. The Morgan fingerprint density at radius 3 is 2.62 bits per heavy atom. The van der Waals surface area contributed by atoms with Gasteiger partial charge in [-0.3, -0.25) is 4.79 Å². The fourth-order valence-electron chi connectivity index (χ4n) is 3.31. The van der Waals surface area contributed by atoms with Gasteiger partial charge in [-0.05, 0) is 43.5 Å². The van der Waals surface area contributed by atoms with Crippen LogP contribution in [-0.2, 0) is 14.9 Å². The molecular weight excluding hydrogens is 375 g/mol. The summed E-state index contributed by atoms with van der Waals surface area (Å²) >= 11 is 12.5. The van der Waals surface area contributed by atoms with Crippen LogP contribution in [0.2, 0.25) is 10.0 Å². The van der Waals surface area contributed by atoms with Crippen LogP contribution in [0.3, 0.4) is 0 Å². The summed E-state index contributed by atoms with van der Waals surface area (Å²) in [5.74, 6) is 0.404. The molecule has 0 atom stereocenters. The minimum atomic E-state index is -0.770. The molecule has 0 unspecified atom stereocenters. The first-order chi connectivity index (χ1) is 12.5. The second-order valence-corrected chi connectivity index (χ2v) is 7.17. The average Bonchev–Trinajstić information content (AvgIpc) is 2.62. The molecule has 1 amide bonds. The van der Waals surface area contributed by atoms with Gasteiger partial charge in [-0.1, -0.05) is 29.3 Å². The van der Waals surface area contributed by atoms with Gasteiger partial charge >= 0.3 is 0 Å². The Hall–Kier alpha value is -1.82. The second-order valence-electron chi connectivity index (χ2n) is 6.32. The quantitative estimate of drug-likeness (QED) is 0.834. The normalized spacial score (nSPS) is 16.2. The monoisotopic (exact) mass is 394 g/mol. The van der Waals surface area contributed by atoms with Gasteiger partial charge in [-0.15, -0.1) is 0 Å². The summed E-state index contributed by atoms with van der Waals surface area (Å²) in [6.45, 7) is 2.86. The molecule has 26 heavy (non-hydrogen) atoms. The van der Waals surface area contributed by atoms with E-state index in [0.717, 1.165) is 11.1 Å². The minimum Gasteiger partial charge on any atom is -0.481 e. The van der Waals surface area contributed by atoms with E-state index in [1.54, 1.807) is 25.4 Å². The molecule has 1 N–H and O–H groups in total. The van der Waals surface area contributed by atoms with Crippen LogP contribution in [0.5, 0.6) is 5.88 Å². The Balaban J connectivity index is 1.95. The highest BCUT2D eigenvalue weighted by Crippen LogP contribution is 2.40. The average molecular weight is 395 g/mol. The van der Waals surface area contributed by atoms with E-state index >= 15 is 0 Å². The number of ether oxygens (including phenoxy) is 2. The first-order valence-electron chi connectivity index (χ1n) is 8.31. The van der Waals surface area contributed by atoms with Crippen LogP contribution < -0.4 is 10.1 Å². The van der Waals surface area contributed by atoms with Gasteiger partial charge in [0.1, 0.15) is 0 Å². The molecule has 2 aromatic rings. The maximum Gasteiger partial charge on any atom is 0.235 e. The Morgan fingerprint density at radius 2 is 2.00 bits per heavy atom. The van der Waals surface area contributed by atoms with E-state index in [4.69, 9.17) is 32.7 Å². The molecule has 0 radical (unpaired) electrons. The van der Waals surface area contributed by atoms with Gasteiger partial charge in [-0.25, -0.2) is 4.98 Å². The van der Waals surface area contributed by atoms with Crippen LogP contribution in [0, 0.1) is 6.92 Å². The number of nitrogens with one attached hydrogen (secondary N) is 1. The lowest BCUT2D eigenvalue weighted by Crippen LogP contribution is -2.45. The standard InChI is InChI=1S/C19H20Cl2N2O3/c1-12-9-14(11-22-17(12)25-2)23-18(24)19(5-7-26-8-6-19)15-4-3-13(20)10-16(15)21/h3-4,9-11H,5-8H2,1-2H3,(H,23,24). The molecule has 0 saturated carbocycles. The third kappa shape index (κ3) is 3.65. The zero-order chi connectivity index (χ0) is 18.7. The van der Waals surface area contributed by atoms with E-state index in [-0.39, 0.29) is 5.91 Å². The van der Waals surface area contributed by atoms with E-state index in [2.05, 4.69) is 10.3 Å². The first-order valence-corrected chi connectivity index (χ1v) is 9.07. The van der Waals surface area contributed by atoms with Crippen LogP contribution in [0.1, 0.15) is 24.0 Å². The molecule has 1 fully saturated rings. The van der Waals surface area contributed by atoms with Crippen LogP contribution in [0.25, 0.3) is 0 Å². The van der Waals surface area contributed by atoms with E-state index in [1.807, 2.05) is 19.1 Å². The summed E-state index contributed by atoms with van der Waals surface area (Å²) in [6.07, 6.45) is 2.67. The molecule has 1 aromatic carbocycles. The van der Waals surface area contributed by atoms with Gasteiger partial charge in [0.25, 0.3) is 0 Å². The van der Waals surface area contributed by atoms with Gasteiger partial charge in [0, 0.05) is 28.8 Å². The lowest BCUT2D eigenvalue weighted by atomic mass is 9.73. The molecular formula is C19H20Cl2N2O3. The van der Waals surface area contributed by atoms with Crippen molar-refractivity contribution >= 4 is 34.8 Å². The molecule has 1 aliphatic rings. The van der Waals surface area contributed by atoms with Gasteiger partial charge in [0.2, 0.25) is 11.8 Å². The number of amides is 1. The third-order valence-electron chi connectivity index (χ3n) is 4.71. The van der Waals surface area contributed by atoms with Crippen molar-refractivity contribution in [3.8, 4) is 5.88 Å². The number of hydrogen-bond donors (Lipinski definition) is 1. The van der Waals surface area contributed by atoms with Gasteiger partial charge in [0.05, 0.1) is 24.4 Å². The van der Waals surface area contributed by atoms with Gasteiger partial charge in [0.15, 0.2) is 0 Å². The van der Waals surface area contributed by atoms with Crippen LogP contribution in [0.15, 0.2) is 30.5 Å². The number of pyridine rings is 1. The number of methoxy groups -OCH3 is 1. The summed E-state index contributed by atoms with van der Waals surface area (Å²) in [4.78, 5) is 17.5. The second kappa shape index (κ2) is 7.82. The van der Waals surface area contributed by atoms with Crippen molar-refractivity contribution in [2.75, 3.05) is 25.6 Å². The molecule has 5 nitrogen and oxygen atoms in total. The van der Waals surface area contributed by atoms with Crippen molar-refractivity contribution in [3.63, 3.8) is 0 Å². The predicted octanol–water partition coefficient (Wildman–Crippen LogP) is 4.39. The van der Waals surface area contributed by atoms with Crippen molar-refractivity contribution < 1.29 is 14.3 Å². The zero-order valence-electron chi connectivity index (χ0n) is 14.6. The molecule has 7 heteroatoms. The number of nitrogens with zero attached hydrogens (tertiary/aromatic N) is 1. The summed E-state index contributed by atoms with van der Waals surface area (Å²) in [5, 5.41) is 4.00. The molecule has 2 heterocycles. The molecule has 1 aromatic heterocycles. The topological polar surface area (TPSA) is 60.5 Å². The van der Waals surface area contributed by atoms with Crippen molar-refractivity contribution in [3.05, 3.63) is 51.6 Å². The van der Waals surface area contributed by atoms with E-state index in [9.17, 15) is 4.79 Å². The highest BCUT2D eigenvalue weighted by molar-refractivity contribution is 6.35. The fourth-order valence-corrected chi connectivity index (χ4v) is 3.90. The Labute approximate surface area is 162 Å².